The van der Waals surface area contributed by atoms with Gasteiger partial charge in [-0.15, -0.1) is 0 Å². The van der Waals surface area contributed by atoms with Crippen LogP contribution in [0, 0.1) is 11.3 Å². The Kier molecular flexibility index (Phi) is 2.60. The normalized spacial score (nSPS) is 9.00. The highest BCUT2D eigenvalue weighted by Gasteiger charge is 2.10. The number of phenols is 1. The van der Waals surface area contributed by atoms with Crippen molar-refractivity contribution < 1.29 is 14.6 Å². The van der Waals surface area contributed by atoms with Gasteiger partial charge in [-0.1, -0.05) is 0 Å². The van der Waals surface area contributed by atoms with Gasteiger partial charge in [0.15, 0.2) is 0 Å². The van der Waals surface area contributed by atoms with Crippen molar-refractivity contribution in [3.63, 3.8) is 0 Å². The molecule has 0 spiro atoms. The van der Waals surface area contributed by atoms with Crippen molar-refractivity contribution in [2.45, 2.75) is 0 Å². The van der Waals surface area contributed by atoms with Gasteiger partial charge in [0.2, 0.25) is 0 Å². The zero-order valence-corrected chi connectivity index (χ0v) is 7.37. The lowest BCUT2D eigenvalue weighted by Crippen LogP contribution is -1.92. The zero-order chi connectivity index (χ0) is 9.84. The molecule has 0 aliphatic heterocycles. The zero-order valence-electron chi connectivity index (χ0n) is 7.37. The van der Waals surface area contributed by atoms with Crippen LogP contribution in [0.5, 0.6) is 17.2 Å². The molecule has 1 N–H and O–H groups in total. The van der Waals surface area contributed by atoms with E-state index in [0.717, 1.165) is 0 Å². The molecule has 0 aromatic heterocycles. The molecule has 0 atom stereocenters. The second kappa shape index (κ2) is 3.68. The van der Waals surface area contributed by atoms with Crippen molar-refractivity contribution in [1.82, 2.24) is 0 Å². The maximum atomic E-state index is 9.21. The van der Waals surface area contributed by atoms with Crippen LogP contribution in [0.1, 0.15) is 5.56 Å². The van der Waals surface area contributed by atoms with Crippen LogP contribution in [0.15, 0.2) is 12.1 Å². The number of benzene rings is 1. The van der Waals surface area contributed by atoms with Crippen LogP contribution in [0.2, 0.25) is 0 Å². The van der Waals surface area contributed by atoms with Gasteiger partial charge in [-0.25, -0.2) is 0 Å². The third-order valence-corrected chi connectivity index (χ3v) is 1.60. The summed E-state index contributed by atoms with van der Waals surface area (Å²) in [7, 11) is 2.85. The molecule has 0 aliphatic rings. The number of rotatable bonds is 2. The summed E-state index contributed by atoms with van der Waals surface area (Å²) in [6, 6.07) is 4.66. The molecule has 0 saturated heterocycles. The number of nitriles is 1. The summed E-state index contributed by atoms with van der Waals surface area (Å²) < 4.78 is 9.79. The third kappa shape index (κ3) is 1.64. The molecule has 0 amide bonds. The third-order valence-electron chi connectivity index (χ3n) is 1.60. The van der Waals surface area contributed by atoms with Crippen molar-refractivity contribution >= 4 is 0 Å². The first-order valence-corrected chi connectivity index (χ1v) is 3.58. The summed E-state index contributed by atoms with van der Waals surface area (Å²) in [5.41, 5.74) is 0.280. The predicted octanol–water partition coefficient (Wildman–Crippen LogP) is 1.28. The second-order valence-corrected chi connectivity index (χ2v) is 2.34. The number of hydrogen-bond donors (Lipinski definition) is 1. The van der Waals surface area contributed by atoms with E-state index >= 15 is 0 Å². The van der Waals surface area contributed by atoms with E-state index in [1.165, 1.54) is 26.4 Å². The van der Waals surface area contributed by atoms with Gasteiger partial charge in [0.05, 0.1) is 14.2 Å². The molecule has 4 nitrogen and oxygen atoms in total. The number of aromatic hydroxyl groups is 1. The number of hydrogen-bond acceptors (Lipinski definition) is 4. The van der Waals surface area contributed by atoms with Crippen molar-refractivity contribution in [3.8, 4) is 23.3 Å². The lowest BCUT2D eigenvalue weighted by atomic mass is 10.2. The summed E-state index contributed by atoms with van der Waals surface area (Å²) in [5, 5.41) is 18.0. The van der Waals surface area contributed by atoms with Gasteiger partial charge >= 0.3 is 0 Å². The summed E-state index contributed by atoms with van der Waals surface area (Å²) in [6.07, 6.45) is 0. The molecule has 0 heterocycles. The van der Waals surface area contributed by atoms with E-state index in [-0.39, 0.29) is 11.3 Å². The number of methoxy groups -OCH3 is 2. The fourth-order valence-corrected chi connectivity index (χ4v) is 1.01. The van der Waals surface area contributed by atoms with E-state index < -0.39 is 0 Å². The predicted molar refractivity (Wildman–Crippen MR) is 45.9 cm³/mol. The van der Waals surface area contributed by atoms with Gasteiger partial charge in [-0.2, -0.15) is 5.26 Å². The van der Waals surface area contributed by atoms with Crippen molar-refractivity contribution in [1.29, 1.82) is 5.26 Å². The van der Waals surface area contributed by atoms with Crippen LogP contribution in [0.3, 0.4) is 0 Å². The minimum absolute atomic E-state index is 0.00713. The lowest BCUT2D eigenvalue weighted by Gasteiger charge is -2.07. The van der Waals surface area contributed by atoms with Crippen LogP contribution < -0.4 is 9.47 Å². The summed E-state index contributed by atoms with van der Waals surface area (Å²) in [4.78, 5) is 0. The second-order valence-electron chi connectivity index (χ2n) is 2.34. The minimum Gasteiger partial charge on any atom is -0.508 e. The van der Waals surface area contributed by atoms with Gasteiger partial charge in [0, 0.05) is 12.1 Å². The van der Waals surface area contributed by atoms with Crippen molar-refractivity contribution in [3.05, 3.63) is 17.7 Å². The Morgan fingerprint density at radius 1 is 1.23 bits per heavy atom. The van der Waals surface area contributed by atoms with Crippen LogP contribution in [0.25, 0.3) is 0 Å². The van der Waals surface area contributed by atoms with Crippen LogP contribution >= 0.6 is 0 Å². The van der Waals surface area contributed by atoms with Crippen molar-refractivity contribution in [2.24, 2.45) is 0 Å². The molecule has 0 fully saturated rings. The maximum absolute atomic E-state index is 9.21. The van der Waals surface area contributed by atoms with Crippen molar-refractivity contribution in [2.75, 3.05) is 14.2 Å². The standard InChI is InChI=1S/C9H9NO3/c1-12-8-3-6(11)4-9(13-2)7(8)5-10/h3-4,11H,1-2H3. The molecule has 0 radical (unpaired) electrons. The molecule has 1 rings (SSSR count). The van der Waals surface area contributed by atoms with Gasteiger partial charge < -0.3 is 14.6 Å². The lowest BCUT2D eigenvalue weighted by molar-refractivity contribution is 0.383. The Morgan fingerprint density at radius 2 is 1.69 bits per heavy atom. The molecule has 0 bridgehead atoms. The van der Waals surface area contributed by atoms with Gasteiger partial charge in [0.1, 0.15) is 28.9 Å². The Hall–Kier alpha value is -1.89. The van der Waals surface area contributed by atoms with E-state index in [9.17, 15) is 5.11 Å². The highest BCUT2D eigenvalue weighted by atomic mass is 16.5. The highest BCUT2D eigenvalue weighted by Crippen LogP contribution is 2.32. The molecular formula is C9H9NO3. The highest BCUT2D eigenvalue weighted by molar-refractivity contribution is 5.56. The number of nitrogens with zero attached hydrogens (tertiary/aromatic N) is 1. The smallest absolute Gasteiger partial charge is 0.144 e. The first-order chi connectivity index (χ1) is 6.22. The summed E-state index contributed by atoms with van der Waals surface area (Å²) >= 11 is 0. The average Bonchev–Trinajstić information content (AvgIpc) is 2.16. The van der Waals surface area contributed by atoms with Crippen LogP contribution in [0.4, 0.5) is 0 Å². The van der Waals surface area contributed by atoms with Gasteiger partial charge in [0.25, 0.3) is 0 Å². The average molecular weight is 179 g/mol. The van der Waals surface area contributed by atoms with Gasteiger partial charge in [-0.3, -0.25) is 0 Å². The Morgan fingerprint density at radius 3 is 2.00 bits per heavy atom. The molecule has 4 heteroatoms. The molecule has 0 saturated carbocycles. The fraction of sp³-hybridized carbons (Fsp3) is 0.222. The molecular weight excluding hydrogens is 170 g/mol. The van der Waals surface area contributed by atoms with E-state index in [4.69, 9.17) is 14.7 Å². The SMILES string of the molecule is COc1cc(O)cc(OC)c1C#N. The molecule has 13 heavy (non-hydrogen) atoms. The Labute approximate surface area is 75.9 Å². The topological polar surface area (TPSA) is 62.5 Å². The van der Waals surface area contributed by atoms with E-state index in [2.05, 4.69) is 0 Å². The van der Waals surface area contributed by atoms with Crippen LogP contribution in [-0.4, -0.2) is 19.3 Å². The Bertz CT molecular complexity index is 329. The fourth-order valence-electron chi connectivity index (χ4n) is 1.01. The van der Waals surface area contributed by atoms with E-state index in [1.807, 2.05) is 6.07 Å². The number of ether oxygens (including phenoxy) is 2. The van der Waals surface area contributed by atoms with Gasteiger partial charge in [-0.05, 0) is 0 Å². The van der Waals surface area contributed by atoms with E-state index in [0.29, 0.717) is 11.5 Å². The summed E-state index contributed by atoms with van der Waals surface area (Å²) in [6.45, 7) is 0. The molecule has 1 aromatic rings. The first kappa shape index (κ1) is 9.20. The molecule has 0 aliphatic carbocycles. The Balaban J connectivity index is 3.36. The minimum atomic E-state index is 0.00713. The first-order valence-electron chi connectivity index (χ1n) is 3.58. The molecule has 68 valence electrons. The molecule has 1 aromatic carbocycles. The maximum Gasteiger partial charge on any atom is 0.144 e. The van der Waals surface area contributed by atoms with E-state index in [1.54, 1.807) is 0 Å². The monoisotopic (exact) mass is 179 g/mol. The van der Waals surface area contributed by atoms with Crippen LogP contribution in [-0.2, 0) is 0 Å². The largest absolute Gasteiger partial charge is 0.508 e. The quantitative estimate of drug-likeness (QED) is 0.742. The number of phenolic OH excluding ortho intramolecular Hbond substituents is 1. The molecule has 0 unspecified atom stereocenters. The summed E-state index contributed by atoms with van der Waals surface area (Å²) in [5.74, 6) is 0.617.